The van der Waals surface area contributed by atoms with Gasteiger partial charge in [-0.05, 0) is 76.7 Å². The van der Waals surface area contributed by atoms with Crippen LogP contribution in [0.1, 0.15) is 29.7 Å². The molecule has 0 unspecified atom stereocenters. The van der Waals surface area contributed by atoms with Gasteiger partial charge in [0.15, 0.2) is 19.7 Å². The molecule has 0 saturated heterocycles. The number of rotatable bonds is 22. The molecule has 0 aliphatic carbocycles. The van der Waals surface area contributed by atoms with E-state index in [1.807, 2.05) is 103 Å². The highest BCUT2D eigenvalue weighted by Gasteiger charge is 2.23. The lowest BCUT2D eigenvalue weighted by molar-refractivity contribution is -0.112. The van der Waals surface area contributed by atoms with Crippen molar-refractivity contribution in [3.8, 4) is 29.2 Å². The Bertz CT molecular complexity index is 3940. The first-order valence-corrected chi connectivity index (χ1v) is 32.6. The van der Waals surface area contributed by atoms with E-state index < -0.39 is 29.8 Å². The number of amides is 2. The fourth-order valence-corrected chi connectivity index (χ4v) is 10.6. The van der Waals surface area contributed by atoms with Gasteiger partial charge in [-0.3, -0.25) is 23.3 Å². The second kappa shape index (κ2) is 31.0. The van der Waals surface area contributed by atoms with Crippen molar-refractivity contribution in [3.63, 3.8) is 0 Å². The Kier molecular flexibility index (Phi) is 24.6. The first kappa shape index (κ1) is 69.7. The number of likely N-dealkylation sites (N-methyl/N-ethyl adjacent to an activating group) is 4. The van der Waals surface area contributed by atoms with Crippen LogP contribution in [0.2, 0.25) is 0 Å². The summed E-state index contributed by atoms with van der Waals surface area (Å²) in [6.07, 6.45) is 12.7. The van der Waals surface area contributed by atoms with Crippen LogP contribution >= 0.6 is 0 Å². The standard InChI is InChI=1S/2C29H34N6O4S.C2H3N.CH4O3S/c2*1-7-29(36)31-22-16-20(25(39-5)18-24(22)34(4)15-14-33(2)3)17-27-30-13-12-28(32-27)35-19-26(40(6,37)38)21-10-8-9-11-23(21)35;1-2-3;1-5(2,3)4/h2*7-13,16,18-19H,1,14-15,17H2,2-6H3,(H,31,36);1H3;1H3,(H,2,3,4). The summed E-state index contributed by atoms with van der Waals surface area (Å²) in [4.78, 5) is 51.7. The lowest BCUT2D eigenvalue weighted by Crippen LogP contribution is -2.29. The van der Waals surface area contributed by atoms with Crippen molar-refractivity contribution in [2.45, 2.75) is 29.6 Å². The zero-order valence-corrected chi connectivity index (χ0v) is 53.8. The lowest BCUT2D eigenvalue weighted by Gasteiger charge is -2.25. The summed E-state index contributed by atoms with van der Waals surface area (Å²) in [6, 6.07) is 27.3. The molecule has 8 rings (SSSR count). The second-order valence-corrected chi connectivity index (χ2v) is 25.9. The quantitative estimate of drug-likeness (QED) is 0.0449. The normalized spacial score (nSPS) is 11.2. The first-order valence-electron chi connectivity index (χ1n) is 26.9. The van der Waals surface area contributed by atoms with Crippen LogP contribution in [0.3, 0.4) is 0 Å². The van der Waals surface area contributed by atoms with E-state index in [2.05, 4.69) is 53.4 Å². The van der Waals surface area contributed by atoms with Crippen LogP contribution in [0, 0.1) is 11.3 Å². The van der Waals surface area contributed by atoms with Gasteiger partial charge in [0.25, 0.3) is 10.1 Å². The predicted molar refractivity (Wildman–Crippen MR) is 346 cm³/mol. The molecule has 0 aliphatic rings. The minimum atomic E-state index is -3.67. The number of carbonyl (C=O) groups is 2. The van der Waals surface area contributed by atoms with Crippen molar-refractivity contribution < 1.29 is 48.9 Å². The Morgan fingerprint density at radius 2 is 0.955 bits per heavy atom. The molecule has 0 aliphatic heterocycles. The average Bonchev–Trinajstić information content (AvgIpc) is 3.13. The smallest absolute Gasteiger partial charge is 0.261 e. The Labute approximate surface area is 515 Å². The number of carbonyl (C=O) groups excluding carboxylic acids is 2. The molecule has 4 aromatic carbocycles. The average molecular weight is 1260 g/mol. The molecule has 0 bridgehead atoms. The molecule has 4 aromatic heterocycles. The molecule has 0 fully saturated rings. The number of ether oxygens (including phenoxy) is 2. The number of nitrogens with one attached hydrogen (secondary N) is 2. The topological polar surface area (TPSA) is 297 Å². The highest BCUT2D eigenvalue weighted by molar-refractivity contribution is 7.91. The molecule has 4 heterocycles. The number of benzene rings is 4. The highest BCUT2D eigenvalue weighted by atomic mass is 32.2. The SMILES string of the molecule is C=CC(=O)Nc1cc(Cc2nccc(-n3cc(S(C)(=O)=O)c4ccccc43)n2)c(OC)cc1N(C)CCN(C)C.C=CC(=O)Nc1cc(Cc2nccc(-n3cc(S(C)(=O)=O)c4ccccc43)n2)c(OC)cc1N(C)CCN(C)C.CC#N.CS(=O)(=O)O. The van der Waals surface area contributed by atoms with E-state index in [9.17, 15) is 34.8 Å². The Balaban J connectivity index is 0.000000286. The zero-order chi connectivity index (χ0) is 65.3. The maximum absolute atomic E-state index is 12.4. The van der Waals surface area contributed by atoms with Gasteiger partial charge in [-0.15, -0.1) is 0 Å². The summed E-state index contributed by atoms with van der Waals surface area (Å²) in [7, 11) is 4.56. The molecule has 0 atom stereocenters. The Hall–Kier alpha value is -9.04. The van der Waals surface area contributed by atoms with Gasteiger partial charge in [0, 0.05) is 131 Å². The molecule has 88 heavy (non-hydrogen) atoms. The second-order valence-electron chi connectivity index (χ2n) is 20.5. The third kappa shape index (κ3) is 19.5. The summed E-state index contributed by atoms with van der Waals surface area (Å²) < 4.78 is 90.6. The summed E-state index contributed by atoms with van der Waals surface area (Å²) in [5.41, 5.74) is 5.85. The maximum atomic E-state index is 12.4. The summed E-state index contributed by atoms with van der Waals surface area (Å²) in [6.45, 7) is 11.7. The largest absolute Gasteiger partial charge is 0.496 e. The predicted octanol–water partition coefficient (Wildman–Crippen LogP) is 7.13. The number of hydrogen-bond donors (Lipinski definition) is 3. The number of nitriles is 1. The number of nitrogens with zero attached hydrogens (tertiary/aromatic N) is 11. The zero-order valence-electron chi connectivity index (χ0n) is 51.4. The number of sulfone groups is 2. The molecule has 3 N–H and O–H groups in total. The summed E-state index contributed by atoms with van der Waals surface area (Å²) in [5.74, 6) is 2.70. The van der Waals surface area contributed by atoms with Crippen molar-refractivity contribution >= 4 is 86.2 Å². The van der Waals surface area contributed by atoms with Crippen LogP contribution in [0.5, 0.6) is 11.5 Å². The Morgan fingerprint density at radius 3 is 1.26 bits per heavy atom. The van der Waals surface area contributed by atoms with E-state index in [1.165, 1.54) is 31.6 Å². The monoisotopic (exact) mass is 1260 g/mol. The van der Waals surface area contributed by atoms with Gasteiger partial charge in [0.1, 0.15) is 34.8 Å². The molecule has 0 saturated carbocycles. The van der Waals surface area contributed by atoms with Crippen LogP contribution in [0.4, 0.5) is 22.7 Å². The molecule has 27 heteroatoms. The van der Waals surface area contributed by atoms with E-state index in [0.29, 0.717) is 76.0 Å². The van der Waals surface area contributed by atoms with Gasteiger partial charge in [-0.1, -0.05) is 49.6 Å². The lowest BCUT2D eigenvalue weighted by atomic mass is 10.1. The van der Waals surface area contributed by atoms with Gasteiger partial charge >= 0.3 is 0 Å². The fraction of sp³-hybridized carbons (Fsp3) is 0.295. The number of anilines is 4. The molecule has 0 spiro atoms. The number of aromatic nitrogens is 6. The van der Waals surface area contributed by atoms with Gasteiger partial charge in [0.05, 0.1) is 70.1 Å². The van der Waals surface area contributed by atoms with E-state index in [-0.39, 0.29) is 21.6 Å². The maximum Gasteiger partial charge on any atom is 0.261 e. The summed E-state index contributed by atoms with van der Waals surface area (Å²) >= 11 is 0. The van der Waals surface area contributed by atoms with E-state index in [4.69, 9.17) is 29.3 Å². The highest BCUT2D eigenvalue weighted by Crippen LogP contribution is 2.37. The van der Waals surface area contributed by atoms with Crippen molar-refractivity contribution in [2.75, 3.05) is 122 Å². The van der Waals surface area contributed by atoms with Crippen LogP contribution < -0.4 is 29.9 Å². The first-order chi connectivity index (χ1) is 41.4. The number of methoxy groups -OCH3 is 2. The van der Waals surface area contributed by atoms with Crippen molar-refractivity contribution in [3.05, 3.63) is 158 Å². The number of fused-ring (bicyclic) bond motifs is 2. The van der Waals surface area contributed by atoms with Gasteiger partial charge < -0.3 is 39.7 Å². The van der Waals surface area contributed by atoms with Crippen LogP contribution in [0.15, 0.2) is 145 Å². The van der Waals surface area contributed by atoms with Crippen LogP contribution in [-0.2, 0) is 52.2 Å². The molecular weight excluding hydrogens is 1190 g/mol. The molecule has 24 nitrogen and oxygen atoms in total. The minimum Gasteiger partial charge on any atom is -0.496 e. The van der Waals surface area contributed by atoms with E-state index in [1.54, 1.807) is 78.5 Å². The van der Waals surface area contributed by atoms with Gasteiger partial charge in [0.2, 0.25) is 11.8 Å². The third-order valence-corrected chi connectivity index (χ3v) is 15.2. The molecule has 2 amide bonds. The molecular formula is C61H75N13O11S3. The molecule has 0 radical (unpaired) electrons. The van der Waals surface area contributed by atoms with E-state index in [0.717, 1.165) is 59.7 Å². The van der Waals surface area contributed by atoms with Gasteiger partial charge in [-0.25, -0.2) is 36.8 Å². The number of para-hydroxylation sites is 2. The van der Waals surface area contributed by atoms with Crippen LogP contribution in [0.25, 0.3) is 33.4 Å². The van der Waals surface area contributed by atoms with Crippen LogP contribution in [-0.4, -0.2) is 182 Å². The molecule has 468 valence electrons. The Morgan fingerprint density at radius 1 is 0.614 bits per heavy atom. The molecule has 8 aromatic rings. The third-order valence-electron chi connectivity index (χ3n) is 13.0. The van der Waals surface area contributed by atoms with E-state index >= 15 is 0 Å². The minimum absolute atomic E-state index is 0.238. The van der Waals surface area contributed by atoms with Crippen molar-refractivity contribution in [2.24, 2.45) is 0 Å². The van der Waals surface area contributed by atoms with Gasteiger partial charge in [-0.2, -0.15) is 13.7 Å². The number of hydrogen-bond acceptors (Lipinski definition) is 19. The summed E-state index contributed by atoms with van der Waals surface area (Å²) in [5, 5.41) is 14.4. The van der Waals surface area contributed by atoms with Crippen molar-refractivity contribution in [1.82, 2.24) is 38.9 Å². The fourth-order valence-electron chi connectivity index (χ4n) is 8.85. The van der Waals surface area contributed by atoms with Crippen molar-refractivity contribution in [1.29, 1.82) is 5.26 Å².